The molecule has 0 aliphatic heterocycles. The van der Waals surface area contributed by atoms with E-state index in [0.717, 1.165) is 24.8 Å². The minimum atomic E-state index is -0.435. The fourth-order valence-electron chi connectivity index (χ4n) is 3.00. The van der Waals surface area contributed by atoms with Crippen molar-refractivity contribution in [2.75, 3.05) is 0 Å². The summed E-state index contributed by atoms with van der Waals surface area (Å²) < 4.78 is 1.39. The van der Waals surface area contributed by atoms with Gasteiger partial charge in [-0.25, -0.2) is 10.1 Å². The molecule has 2 aromatic carbocycles. The fourth-order valence-corrected chi connectivity index (χ4v) is 3.00. The number of fused-ring (bicyclic) bond motifs is 1. The van der Waals surface area contributed by atoms with E-state index in [4.69, 9.17) is 0 Å². The Balaban J connectivity index is 1.93. The maximum absolute atomic E-state index is 12.8. The average Bonchev–Trinajstić information content (AvgIpc) is 2.74. The minimum Gasteiger partial charge on any atom is -0.267 e. The lowest BCUT2D eigenvalue weighted by atomic mass is 10.1. The molecule has 0 saturated carbocycles. The largest absolute Gasteiger partial charge is 0.292 e. The molecule has 1 aromatic heterocycles. The predicted octanol–water partition coefficient (Wildman–Crippen LogP) is 3.74. The van der Waals surface area contributed by atoms with Crippen LogP contribution in [0.3, 0.4) is 0 Å². The lowest BCUT2D eigenvalue weighted by molar-refractivity contribution is 0.0949. The van der Waals surface area contributed by atoms with Crippen LogP contribution in [-0.4, -0.2) is 21.4 Å². The van der Waals surface area contributed by atoms with E-state index in [1.54, 1.807) is 24.3 Å². The van der Waals surface area contributed by atoms with Gasteiger partial charge in [-0.05, 0) is 25.0 Å². The second-order valence-corrected chi connectivity index (χ2v) is 6.63. The first kappa shape index (κ1) is 19.5. The van der Waals surface area contributed by atoms with Gasteiger partial charge in [0.2, 0.25) is 0 Å². The maximum atomic E-state index is 12.8. The Hall–Kier alpha value is -3.28. The van der Waals surface area contributed by atoms with Crippen LogP contribution in [0, 0.1) is 0 Å². The molecule has 6 nitrogen and oxygen atoms in total. The van der Waals surface area contributed by atoms with Crippen LogP contribution in [0.4, 0.5) is 0 Å². The van der Waals surface area contributed by atoms with E-state index in [-0.39, 0.29) is 11.3 Å². The molecule has 0 unspecified atom stereocenters. The first-order valence-corrected chi connectivity index (χ1v) is 9.51. The zero-order valence-electron chi connectivity index (χ0n) is 16.2. The lowest BCUT2D eigenvalue weighted by Crippen LogP contribution is -2.29. The van der Waals surface area contributed by atoms with Gasteiger partial charge in [0.25, 0.3) is 11.5 Å². The van der Waals surface area contributed by atoms with Crippen molar-refractivity contribution in [3.8, 4) is 0 Å². The first-order valence-electron chi connectivity index (χ1n) is 9.51. The van der Waals surface area contributed by atoms with Gasteiger partial charge in [-0.15, -0.1) is 0 Å². The number of aromatic nitrogens is 2. The van der Waals surface area contributed by atoms with Gasteiger partial charge in [0.1, 0.15) is 0 Å². The van der Waals surface area contributed by atoms with E-state index in [1.807, 2.05) is 37.3 Å². The first-order chi connectivity index (χ1) is 13.6. The van der Waals surface area contributed by atoms with Gasteiger partial charge in [-0.1, -0.05) is 68.3 Å². The van der Waals surface area contributed by atoms with Crippen molar-refractivity contribution in [3.05, 3.63) is 76.2 Å². The number of hydrogen-bond donors (Lipinski definition) is 1. The predicted molar refractivity (Wildman–Crippen MR) is 112 cm³/mol. The van der Waals surface area contributed by atoms with Crippen LogP contribution < -0.4 is 11.0 Å². The van der Waals surface area contributed by atoms with Crippen LogP contribution in [0.1, 0.15) is 49.2 Å². The molecule has 0 radical (unpaired) electrons. The Labute approximate surface area is 163 Å². The van der Waals surface area contributed by atoms with Gasteiger partial charge in [0, 0.05) is 11.9 Å². The van der Waals surface area contributed by atoms with Gasteiger partial charge in [-0.2, -0.15) is 10.2 Å². The van der Waals surface area contributed by atoms with Crippen LogP contribution in [0.15, 0.2) is 64.5 Å². The summed E-state index contributed by atoms with van der Waals surface area (Å²) in [5.74, 6) is -0.435. The molecule has 28 heavy (non-hydrogen) atoms. The zero-order chi connectivity index (χ0) is 19.9. The van der Waals surface area contributed by atoms with E-state index in [0.29, 0.717) is 23.0 Å². The van der Waals surface area contributed by atoms with Crippen molar-refractivity contribution >= 4 is 22.4 Å². The number of carbonyl (C=O) groups is 1. The quantitative estimate of drug-likeness (QED) is 0.388. The normalized spacial score (nSPS) is 11.6. The van der Waals surface area contributed by atoms with Crippen molar-refractivity contribution in [1.82, 2.24) is 15.2 Å². The van der Waals surface area contributed by atoms with E-state index in [2.05, 4.69) is 22.5 Å². The van der Waals surface area contributed by atoms with Crippen LogP contribution in [0.5, 0.6) is 0 Å². The minimum absolute atomic E-state index is 0.174. The van der Waals surface area contributed by atoms with Crippen molar-refractivity contribution in [3.63, 3.8) is 0 Å². The SMILES string of the molecule is CCCCCn1nc(C(=O)N/N=C(/C)c2ccccc2)c2ccccc2c1=O. The Morgan fingerprint density at radius 3 is 2.43 bits per heavy atom. The third kappa shape index (κ3) is 4.34. The van der Waals surface area contributed by atoms with Crippen molar-refractivity contribution in [2.45, 2.75) is 39.7 Å². The highest BCUT2D eigenvalue weighted by Gasteiger charge is 2.16. The molecule has 3 rings (SSSR count). The highest BCUT2D eigenvalue weighted by molar-refractivity contribution is 6.06. The number of carbonyl (C=O) groups excluding carboxylic acids is 1. The molecule has 3 aromatic rings. The molecule has 0 aliphatic carbocycles. The van der Waals surface area contributed by atoms with Crippen molar-refractivity contribution in [1.29, 1.82) is 0 Å². The number of hydrazone groups is 1. The number of rotatable bonds is 7. The lowest BCUT2D eigenvalue weighted by Gasteiger charge is -2.10. The number of aryl methyl sites for hydroxylation is 1. The van der Waals surface area contributed by atoms with Gasteiger partial charge < -0.3 is 0 Å². The van der Waals surface area contributed by atoms with Gasteiger partial charge in [0.15, 0.2) is 5.69 Å². The Morgan fingerprint density at radius 2 is 1.71 bits per heavy atom. The second-order valence-electron chi connectivity index (χ2n) is 6.63. The summed E-state index contributed by atoms with van der Waals surface area (Å²) in [4.78, 5) is 25.5. The van der Waals surface area contributed by atoms with Crippen LogP contribution in [-0.2, 0) is 6.54 Å². The Kier molecular flexibility index (Phi) is 6.32. The molecular formula is C22H24N4O2. The van der Waals surface area contributed by atoms with Crippen molar-refractivity contribution in [2.24, 2.45) is 5.10 Å². The standard InChI is InChI=1S/C22H24N4O2/c1-3-4-10-15-26-22(28)19-14-9-8-13-18(19)20(25-26)21(27)24-23-16(2)17-11-6-5-7-12-17/h5-9,11-14H,3-4,10,15H2,1-2H3,(H,24,27)/b23-16-. The van der Waals surface area contributed by atoms with Gasteiger partial charge in [-0.3, -0.25) is 9.59 Å². The van der Waals surface area contributed by atoms with E-state index in [9.17, 15) is 9.59 Å². The van der Waals surface area contributed by atoms with Gasteiger partial charge >= 0.3 is 0 Å². The molecule has 0 bridgehead atoms. The molecule has 0 atom stereocenters. The number of amides is 1. The third-order valence-electron chi connectivity index (χ3n) is 4.57. The van der Waals surface area contributed by atoms with Crippen molar-refractivity contribution < 1.29 is 4.79 Å². The summed E-state index contributed by atoms with van der Waals surface area (Å²) in [5.41, 5.74) is 4.22. The zero-order valence-corrected chi connectivity index (χ0v) is 16.2. The number of hydrogen-bond acceptors (Lipinski definition) is 4. The smallest absolute Gasteiger partial charge is 0.267 e. The molecular weight excluding hydrogens is 352 g/mol. The molecule has 0 spiro atoms. The average molecular weight is 376 g/mol. The Bertz CT molecular complexity index is 1060. The summed E-state index contributed by atoms with van der Waals surface area (Å²) in [6, 6.07) is 16.6. The summed E-state index contributed by atoms with van der Waals surface area (Å²) >= 11 is 0. The summed E-state index contributed by atoms with van der Waals surface area (Å²) in [6.07, 6.45) is 2.89. The summed E-state index contributed by atoms with van der Waals surface area (Å²) in [6.45, 7) is 4.42. The van der Waals surface area contributed by atoms with E-state index < -0.39 is 5.91 Å². The molecule has 0 aliphatic rings. The number of benzene rings is 2. The highest BCUT2D eigenvalue weighted by Crippen LogP contribution is 2.13. The molecule has 0 fully saturated rings. The monoisotopic (exact) mass is 376 g/mol. The summed E-state index contributed by atoms with van der Waals surface area (Å²) in [7, 11) is 0. The van der Waals surface area contributed by atoms with Gasteiger partial charge in [0.05, 0.1) is 11.1 Å². The van der Waals surface area contributed by atoms with E-state index >= 15 is 0 Å². The fraction of sp³-hybridized carbons (Fsp3) is 0.273. The van der Waals surface area contributed by atoms with E-state index in [1.165, 1.54) is 4.68 Å². The van der Waals surface area contributed by atoms with Crippen LogP contribution >= 0.6 is 0 Å². The summed E-state index contributed by atoms with van der Waals surface area (Å²) in [5, 5.41) is 9.56. The highest BCUT2D eigenvalue weighted by atomic mass is 16.2. The third-order valence-corrected chi connectivity index (χ3v) is 4.57. The Morgan fingerprint density at radius 1 is 1.04 bits per heavy atom. The number of nitrogens with one attached hydrogen (secondary N) is 1. The topological polar surface area (TPSA) is 76.3 Å². The van der Waals surface area contributed by atoms with Crippen LogP contribution in [0.25, 0.3) is 10.8 Å². The molecule has 1 heterocycles. The molecule has 1 amide bonds. The second kappa shape index (κ2) is 9.08. The maximum Gasteiger partial charge on any atom is 0.292 e. The molecule has 6 heteroatoms. The molecule has 0 saturated heterocycles. The molecule has 1 N–H and O–H groups in total. The number of nitrogens with zero attached hydrogens (tertiary/aromatic N) is 3. The van der Waals surface area contributed by atoms with Crippen LogP contribution in [0.2, 0.25) is 0 Å². The molecule has 144 valence electrons. The number of unbranched alkanes of at least 4 members (excludes halogenated alkanes) is 2.